The molecule has 84 valence electrons. The quantitative estimate of drug-likeness (QED) is 0.697. The molecule has 0 bridgehead atoms. The second kappa shape index (κ2) is 5.61. The lowest BCUT2D eigenvalue weighted by molar-refractivity contribution is -0.0221. The maximum Gasteiger partial charge on any atom is 0.247 e. The van der Waals surface area contributed by atoms with Gasteiger partial charge >= 0.3 is 0 Å². The lowest BCUT2D eigenvalue weighted by Crippen LogP contribution is -2.32. The molecule has 1 aliphatic heterocycles. The van der Waals surface area contributed by atoms with Crippen LogP contribution in [-0.2, 0) is 4.74 Å². The van der Waals surface area contributed by atoms with Gasteiger partial charge < -0.3 is 10.1 Å². The van der Waals surface area contributed by atoms with Crippen LogP contribution in [0.5, 0.6) is 0 Å². The molecule has 1 saturated heterocycles. The number of hydrogen-bond acceptors (Lipinski definition) is 2. The zero-order valence-corrected chi connectivity index (χ0v) is 8.69. The van der Waals surface area contributed by atoms with Crippen LogP contribution in [0, 0.1) is 5.92 Å². The second-order valence-electron chi connectivity index (χ2n) is 4.11. The molecule has 1 heterocycles. The van der Waals surface area contributed by atoms with Crippen molar-refractivity contribution in [2.24, 2.45) is 5.92 Å². The van der Waals surface area contributed by atoms with Gasteiger partial charge in [0, 0.05) is 13.0 Å². The van der Waals surface area contributed by atoms with Crippen LogP contribution >= 0.6 is 0 Å². The van der Waals surface area contributed by atoms with Crippen LogP contribution in [0.2, 0.25) is 0 Å². The number of piperidine rings is 1. The summed E-state index contributed by atoms with van der Waals surface area (Å²) in [5.41, 5.74) is 0. The molecule has 0 aromatic rings. The van der Waals surface area contributed by atoms with Gasteiger partial charge in [-0.3, -0.25) is 0 Å². The molecule has 0 saturated carbocycles. The summed E-state index contributed by atoms with van der Waals surface area (Å²) in [5.74, 6) is -2.08. The van der Waals surface area contributed by atoms with E-state index in [4.69, 9.17) is 4.74 Å². The number of nitrogens with one attached hydrogen (secondary N) is 1. The summed E-state index contributed by atoms with van der Waals surface area (Å²) in [7, 11) is 0. The molecule has 4 heteroatoms. The van der Waals surface area contributed by atoms with Gasteiger partial charge in [0.2, 0.25) is 5.92 Å². The van der Waals surface area contributed by atoms with Gasteiger partial charge in [-0.1, -0.05) is 0 Å². The molecule has 1 rings (SSSR count). The molecule has 1 atom stereocenters. The maximum atomic E-state index is 12.4. The van der Waals surface area contributed by atoms with Gasteiger partial charge in [-0.15, -0.1) is 0 Å². The van der Waals surface area contributed by atoms with Crippen LogP contribution < -0.4 is 5.32 Å². The van der Waals surface area contributed by atoms with Gasteiger partial charge in [-0.2, -0.15) is 0 Å². The number of ether oxygens (including phenoxy) is 1. The Balaban J connectivity index is 1.97. The van der Waals surface area contributed by atoms with Crippen LogP contribution in [0.4, 0.5) is 8.78 Å². The SMILES string of the molecule is CC(F)(F)CCOCC1CCCNC1. The predicted molar refractivity (Wildman–Crippen MR) is 51.7 cm³/mol. The Kier molecular flexibility index (Phi) is 4.75. The monoisotopic (exact) mass is 207 g/mol. The topological polar surface area (TPSA) is 21.3 Å². The van der Waals surface area contributed by atoms with Crippen molar-refractivity contribution >= 4 is 0 Å². The minimum Gasteiger partial charge on any atom is -0.381 e. The third-order valence-corrected chi connectivity index (χ3v) is 2.44. The van der Waals surface area contributed by atoms with Gasteiger partial charge in [0.25, 0.3) is 0 Å². The molecule has 0 spiro atoms. The summed E-state index contributed by atoms with van der Waals surface area (Å²) in [4.78, 5) is 0. The zero-order valence-electron chi connectivity index (χ0n) is 8.69. The van der Waals surface area contributed by atoms with Crippen LogP contribution in [-0.4, -0.2) is 32.2 Å². The van der Waals surface area contributed by atoms with Crippen molar-refractivity contribution in [2.75, 3.05) is 26.3 Å². The minimum absolute atomic E-state index is 0.167. The van der Waals surface area contributed by atoms with E-state index in [0.29, 0.717) is 12.5 Å². The van der Waals surface area contributed by atoms with Crippen LogP contribution in [0.3, 0.4) is 0 Å². The third-order valence-electron chi connectivity index (χ3n) is 2.44. The number of alkyl halides is 2. The first-order valence-corrected chi connectivity index (χ1v) is 5.24. The first-order valence-electron chi connectivity index (χ1n) is 5.24. The summed E-state index contributed by atoms with van der Waals surface area (Å²) in [5, 5.41) is 3.26. The second-order valence-corrected chi connectivity index (χ2v) is 4.11. The average Bonchev–Trinajstić information content (AvgIpc) is 2.13. The van der Waals surface area contributed by atoms with Gasteiger partial charge in [0.1, 0.15) is 0 Å². The Hall–Kier alpha value is -0.220. The van der Waals surface area contributed by atoms with Crippen molar-refractivity contribution in [2.45, 2.75) is 32.1 Å². The first kappa shape index (κ1) is 11.9. The normalized spacial score (nSPS) is 23.8. The highest BCUT2D eigenvalue weighted by Crippen LogP contribution is 2.17. The van der Waals surface area contributed by atoms with E-state index < -0.39 is 5.92 Å². The van der Waals surface area contributed by atoms with Gasteiger partial charge in [-0.05, 0) is 32.2 Å². The van der Waals surface area contributed by atoms with Gasteiger partial charge in [0.05, 0.1) is 13.2 Å². The summed E-state index contributed by atoms with van der Waals surface area (Å²) < 4.78 is 30.0. The highest BCUT2D eigenvalue weighted by atomic mass is 19.3. The summed E-state index contributed by atoms with van der Waals surface area (Å²) in [6, 6.07) is 0. The lowest BCUT2D eigenvalue weighted by Gasteiger charge is -2.22. The first-order chi connectivity index (χ1) is 6.58. The van der Waals surface area contributed by atoms with E-state index >= 15 is 0 Å². The van der Waals surface area contributed by atoms with E-state index in [1.54, 1.807) is 0 Å². The molecule has 0 aromatic carbocycles. The molecule has 1 fully saturated rings. The smallest absolute Gasteiger partial charge is 0.247 e. The van der Waals surface area contributed by atoms with Crippen molar-refractivity contribution in [1.29, 1.82) is 0 Å². The summed E-state index contributed by atoms with van der Waals surface area (Å²) in [6.07, 6.45) is 2.14. The minimum atomic E-state index is -2.59. The third kappa shape index (κ3) is 5.50. The van der Waals surface area contributed by atoms with Crippen LogP contribution in [0.1, 0.15) is 26.2 Å². The summed E-state index contributed by atoms with van der Waals surface area (Å²) >= 11 is 0. The van der Waals surface area contributed by atoms with Crippen molar-refractivity contribution in [3.8, 4) is 0 Å². The van der Waals surface area contributed by atoms with E-state index in [1.807, 2.05) is 0 Å². The highest BCUT2D eigenvalue weighted by molar-refractivity contribution is 4.68. The Labute approximate surface area is 84.0 Å². The number of rotatable bonds is 5. The Bertz CT molecular complexity index is 153. The predicted octanol–water partition coefficient (Wildman–Crippen LogP) is 2.05. The molecule has 1 aliphatic rings. The largest absolute Gasteiger partial charge is 0.381 e. The van der Waals surface area contributed by atoms with E-state index in [-0.39, 0.29) is 13.0 Å². The maximum absolute atomic E-state index is 12.4. The molecule has 1 unspecified atom stereocenters. The van der Waals surface area contributed by atoms with Crippen LogP contribution in [0.15, 0.2) is 0 Å². The standard InChI is InChI=1S/C10H19F2NO/c1-10(11,12)4-6-14-8-9-3-2-5-13-7-9/h9,13H,2-8H2,1H3. The molecule has 14 heavy (non-hydrogen) atoms. The van der Waals surface area contributed by atoms with Gasteiger partial charge in [-0.25, -0.2) is 8.78 Å². The number of halogens is 2. The molecule has 1 N–H and O–H groups in total. The molecule has 0 aromatic heterocycles. The van der Waals surface area contributed by atoms with E-state index in [0.717, 1.165) is 32.9 Å². The van der Waals surface area contributed by atoms with E-state index in [1.165, 1.54) is 0 Å². The Morgan fingerprint density at radius 2 is 2.29 bits per heavy atom. The molecule has 0 amide bonds. The fraction of sp³-hybridized carbons (Fsp3) is 1.00. The fourth-order valence-electron chi connectivity index (χ4n) is 1.57. The average molecular weight is 207 g/mol. The van der Waals surface area contributed by atoms with Crippen molar-refractivity contribution in [1.82, 2.24) is 5.32 Å². The fourth-order valence-corrected chi connectivity index (χ4v) is 1.57. The Morgan fingerprint density at radius 1 is 1.50 bits per heavy atom. The molecular weight excluding hydrogens is 188 g/mol. The highest BCUT2D eigenvalue weighted by Gasteiger charge is 2.20. The lowest BCUT2D eigenvalue weighted by atomic mass is 10.0. The molecular formula is C10H19F2NO. The van der Waals surface area contributed by atoms with Crippen LogP contribution in [0.25, 0.3) is 0 Å². The Morgan fingerprint density at radius 3 is 2.86 bits per heavy atom. The van der Waals surface area contributed by atoms with Gasteiger partial charge in [0.15, 0.2) is 0 Å². The molecule has 0 aliphatic carbocycles. The zero-order chi connectivity index (χ0) is 10.4. The van der Waals surface area contributed by atoms with Crippen molar-refractivity contribution < 1.29 is 13.5 Å². The van der Waals surface area contributed by atoms with Crippen molar-refractivity contribution in [3.63, 3.8) is 0 Å². The van der Waals surface area contributed by atoms with Crippen molar-refractivity contribution in [3.05, 3.63) is 0 Å². The molecule has 2 nitrogen and oxygen atoms in total. The molecule has 0 radical (unpaired) electrons. The summed E-state index contributed by atoms with van der Waals surface area (Å²) in [6.45, 7) is 3.74. The van der Waals surface area contributed by atoms with E-state index in [9.17, 15) is 8.78 Å². The van der Waals surface area contributed by atoms with E-state index in [2.05, 4.69) is 5.32 Å². The number of hydrogen-bond donors (Lipinski definition) is 1.